The van der Waals surface area contributed by atoms with E-state index >= 15 is 0 Å². The predicted molar refractivity (Wildman–Crippen MR) is 108 cm³/mol. The van der Waals surface area contributed by atoms with E-state index in [-0.39, 0.29) is 24.5 Å². The van der Waals surface area contributed by atoms with E-state index in [2.05, 4.69) is 38.2 Å². The molecule has 2 rings (SSSR count). The number of ether oxygens (including phenoxy) is 1. The van der Waals surface area contributed by atoms with Crippen LogP contribution in [0.1, 0.15) is 58.9 Å². The molecule has 0 atom stereocenters. The number of hydrogen-bond acceptors (Lipinski definition) is 3. The summed E-state index contributed by atoms with van der Waals surface area (Å²) in [6.07, 6.45) is 0. The second-order valence-corrected chi connectivity index (χ2v) is 8.05. The van der Waals surface area contributed by atoms with Gasteiger partial charge in [-0.15, -0.1) is 0 Å². The van der Waals surface area contributed by atoms with E-state index in [1.54, 1.807) is 12.1 Å². The molecule has 0 heterocycles. The molecule has 0 aromatic heterocycles. The van der Waals surface area contributed by atoms with Crippen LogP contribution < -0.4 is 5.32 Å². The highest BCUT2D eigenvalue weighted by Crippen LogP contribution is 2.27. The van der Waals surface area contributed by atoms with Crippen molar-refractivity contribution in [3.63, 3.8) is 0 Å². The summed E-state index contributed by atoms with van der Waals surface area (Å²) in [5.41, 5.74) is 6.10. The standard InChI is InChI=1S/C23H29NO3/c1-15-8-7-9-18(10-15)22(26)24-13-21(25)27-14-20-16(2)11-19(12-17(20)3)23(4,5)6/h7-12H,13-14H2,1-6H3,(H,24,26). The number of nitrogens with one attached hydrogen (secondary N) is 1. The van der Waals surface area contributed by atoms with Gasteiger partial charge in [-0.25, -0.2) is 0 Å². The average molecular weight is 367 g/mol. The third-order valence-corrected chi connectivity index (χ3v) is 4.61. The van der Waals surface area contributed by atoms with Crippen LogP contribution in [0, 0.1) is 20.8 Å². The zero-order chi connectivity index (χ0) is 20.2. The molecule has 1 amide bonds. The summed E-state index contributed by atoms with van der Waals surface area (Å²) >= 11 is 0. The molecule has 144 valence electrons. The van der Waals surface area contributed by atoms with Gasteiger partial charge in [-0.05, 0) is 60.6 Å². The molecule has 0 bridgehead atoms. The molecule has 0 aliphatic heterocycles. The Balaban J connectivity index is 1.93. The van der Waals surface area contributed by atoms with Crippen LogP contribution in [0.3, 0.4) is 0 Å². The third kappa shape index (κ3) is 5.68. The minimum atomic E-state index is -0.449. The highest BCUT2D eigenvalue weighted by atomic mass is 16.5. The molecule has 1 N–H and O–H groups in total. The molecular formula is C23H29NO3. The summed E-state index contributed by atoms with van der Waals surface area (Å²) in [7, 11) is 0. The summed E-state index contributed by atoms with van der Waals surface area (Å²) in [5, 5.41) is 2.61. The summed E-state index contributed by atoms with van der Waals surface area (Å²) in [6.45, 7) is 12.6. The first-order valence-electron chi connectivity index (χ1n) is 9.19. The van der Waals surface area contributed by atoms with Crippen molar-refractivity contribution in [1.82, 2.24) is 5.32 Å². The van der Waals surface area contributed by atoms with Crippen LogP contribution in [0.25, 0.3) is 0 Å². The first-order valence-corrected chi connectivity index (χ1v) is 9.19. The molecular weight excluding hydrogens is 338 g/mol. The van der Waals surface area contributed by atoms with Gasteiger partial charge in [0, 0.05) is 5.56 Å². The lowest BCUT2D eigenvalue weighted by atomic mass is 9.84. The van der Waals surface area contributed by atoms with Crippen molar-refractivity contribution >= 4 is 11.9 Å². The zero-order valence-electron chi connectivity index (χ0n) is 17.1. The molecule has 2 aromatic carbocycles. The van der Waals surface area contributed by atoms with Crippen molar-refractivity contribution in [1.29, 1.82) is 0 Å². The van der Waals surface area contributed by atoms with Crippen LogP contribution in [0.2, 0.25) is 0 Å². The summed E-state index contributed by atoms with van der Waals surface area (Å²) in [6, 6.07) is 11.5. The number of hydrogen-bond donors (Lipinski definition) is 1. The lowest BCUT2D eigenvalue weighted by Gasteiger charge is -2.22. The molecule has 2 aromatic rings. The lowest BCUT2D eigenvalue weighted by Crippen LogP contribution is -2.30. The van der Waals surface area contributed by atoms with Gasteiger partial charge in [-0.1, -0.05) is 50.6 Å². The van der Waals surface area contributed by atoms with Gasteiger partial charge in [-0.2, -0.15) is 0 Å². The maximum absolute atomic E-state index is 12.1. The maximum atomic E-state index is 12.1. The molecule has 4 nitrogen and oxygen atoms in total. The fraction of sp³-hybridized carbons (Fsp3) is 0.391. The van der Waals surface area contributed by atoms with Crippen LogP contribution in [0.4, 0.5) is 0 Å². The van der Waals surface area contributed by atoms with Crippen molar-refractivity contribution in [2.24, 2.45) is 0 Å². The Kier molecular flexibility index (Phi) is 6.42. The third-order valence-electron chi connectivity index (χ3n) is 4.61. The summed E-state index contributed by atoms with van der Waals surface area (Å²) < 4.78 is 5.37. The SMILES string of the molecule is Cc1cccc(C(=O)NCC(=O)OCc2c(C)cc(C(C)(C)C)cc2C)c1. The second-order valence-electron chi connectivity index (χ2n) is 8.05. The monoisotopic (exact) mass is 367 g/mol. The number of amides is 1. The first kappa shape index (κ1) is 20.7. The molecule has 0 fully saturated rings. The number of esters is 1. The van der Waals surface area contributed by atoms with Gasteiger partial charge in [-0.3, -0.25) is 9.59 Å². The Morgan fingerprint density at radius 2 is 1.63 bits per heavy atom. The van der Waals surface area contributed by atoms with Crippen molar-refractivity contribution in [2.45, 2.75) is 53.6 Å². The zero-order valence-corrected chi connectivity index (χ0v) is 17.1. The molecule has 0 radical (unpaired) electrons. The Morgan fingerprint density at radius 3 is 2.19 bits per heavy atom. The Morgan fingerprint density at radius 1 is 1.00 bits per heavy atom. The van der Waals surface area contributed by atoms with Gasteiger partial charge in [0.15, 0.2) is 0 Å². The summed E-state index contributed by atoms with van der Waals surface area (Å²) in [5.74, 6) is -0.729. The van der Waals surface area contributed by atoms with Gasteiger partial charge in [0.2, 0.25) is 0 Å². The first-order chi connectivity index (χ1) is 12.6. The van der Waals surface area contributed by atoms with Crippen LogP contribution in [-0.4, -0.2) is 18.4 Å². The topological polar surface area (TPSA) is 55.4 Å². The van der Waals surface area contributed by atoms with Crippen LogP contribution >= 0.6 is 0 Å². The second kappa shape index (κ2) is 8.38. The van der Waals surface area contributed by atoms with Gasteiger partial charge in [0.25, 0.3) is 5.91 Å². The molecule has 4 heteroatoms. The molecule has 0 saturated carbocycles. The van der Waals surface area contributed by atoms with Crippen molar-refractivity contribution in [3.05, 3.63) is 69.8 Å². The van der Waals surface area contributed by atoms with Gasteiger partial charge < -0.3 is 10.1 Å². The maximum Gasteiger partial charge on any atom is 0.325 e. The average Bonchev–Trinajstić information content (AvgIpc) is 2.58. The van der Waals surface area contributed by atoms with E-state index in [0.29, 0.717) is 5.56 Å². The van der Waals surface area contributed by atoms with E-state index in [1.165, 1.54) is 5.56 Å². The van der Waals surface area contributed by atoms with Crippen molar-refractivity contribution < 1.29 is 14.3 Å². The van der Waals surface area contributed by atoms with Crippen molar-refractivity contribution in [3.8, 4) is 0 Å². The number of benzene rings is 2. The van der Waals surface area contributed by atoms with Crippen molar-refractivity contribution in [2.75, 3.05) is 6.54 Å². The van der Waals surface area contributed by atoms with E-state index in [1.807, 2.05) is 32.9 Å². The van der Waals surface area contributed by atoms with Gasteiger partial charge in [0.05, 0.1) is 0 Å². The van der Waals surface area contributed by atoms with Gasteiger partial charge >= 0.3 is 5.97 Å². The van der Waals surface area contributed by atoms with Gasteiger partial charge in [0.1, 0.15) is 13.2 Å². The number of carbonyl (C=O) groups is 2. The molecule has 0 spiro atoms. The number of aryl methyl sites for hydroxylation is 3. The van der Waals surface area contributed by atoms with Crippen LogP contribution in [0.5, 0.6) is 0 Å². The molecule has 0 aliphatic rings. The fourth-order valence-corrected chi connectivity index (χ4v) is 2.90. The molecule has 0 saturated heterocycles. The van der Waals surface area contributed by atoms with Crippen LogP contribution in [0.15, 0.2) is 36.4 Å². The Hall–Kier alpha value is -2.62. The minimum Gasteiger partial charge on any atom is -0.459 e. The largest absolute Gasteiger partial charge is 0.459 e. The quantitative estimate of drug-likeness (QED) is 0.798. The fourth-order valence-electron chi connectivity index (χ4n) is 2.90. The van der Waals surface area contributed by atoms with E-state index < -0.39 is 5.97 Å². The highest BCUT2D eigenvalue weighted by molar-refractivity contribution is 5.96. The Bertz CT molecular complexity index is 824. The number of rotatable bonds is 5. The van der Waals surface area contributed by atoms with E-state index in [9.17, 15) is 9.59 Å². The van der Waals surface area contributed by atoms with E-state index in [4.69, 9.17) is 4.74 Å². The smallest absolute Gasteiger partial charge is 0.325 e. The lowest BCUT2D eigenvalue weighted by molar-refractivity contribution is -0.143. The molecule has 27 heavy (non-hydrogen) atoms. The normalized spacial score (nSPS) is 11.2. The van der Waals surface area contributed by atoms with Crippen LogP contribution in [-0.2, 0) is 21.6 Å². The minimum absolute atomic E-state index is 0.0742. The highest BCUT2D eigenvalue weighted by Gasteiger charge is 2.17. The van der Waals surface area contributed by atoms with E-state index in [0.717, 1.165) is 22.3 Å². The number of carbonyl (C=O) groups excluding carboxylic acids is 2. The molecule has 0 aliphatic carbocycles. The Labute approximate surface area is 161 Å². The predicted octanol–water partition coefficient (Wildman–Crippen LogP) is 4.38. The summed E-state index contributed by atoms with van der Waals surface area (Å²) in [4.78, 5) is 24.1. The molecule has 0 unspecified atom stereocenters.